The van der Waals surface area contributed by atoms with Gasteiger partial charge >= 0.3 is 0 Å². The Morgan fingerprint density at radius 3 is 2.44 bits per heavy atom. The van der Waals surface area contributed by atoms with Crippen molar-refractivity contribution in [2.24, 2.45) is 0 Å². The molecule has 134 valence electrons. The summed E-state index contributed by atoms with van der Waals surface area (Å²) in [6.45, 7) is 13.9. The lowest BCUT2D eigenvalue weighted by Gasteiger charge is -2.10. The summed E-state index contributed by atoms with van der Waals surface area (Å²) in [5.74, 6) is 0.793. The molecule has 0 atom stereocenters. The molecule has 3 heteroatoms. The summed E-state index contributed by atoms with van der Waals surface area (Å²) in [7, 11) is 1.55. The fraction of sp³-hybridized carbons (Fsp3) is 0.318. The Kier molecular flexibility index (Phi) is 8.48. The van der Waals surface area contributed by atoms with Gasteiger partial charge in [0.05, 0.1) is 18.4 Å². The zero-order chi connectivity index (χ0) is 18.8. The third kappa shape index (κ3) is 5.79. The summed E-state index contributed by atoms with van der Waals surface area (Å²) >= 11 is 0. The highest BCUT2D eigenvalue weighted by molar-refractivity contribution is 5.65. The number of rotatable bonds is 6. The number of allylic oxidation sites excluding steroid dienone is 1. The smallest absolute Gasteiger partial charge is 0.129 e. The van der Waals surface area contributed by atoms with E-state index in [0.717, 1.165) is 36.1 Å². The molecule has 2 aromatic rings. The SMILES string of the molecule is C=C(CC)c1ncccc1C.C=C(OC)c1cccc(CCC)c1O. The van der Waals surface area contributed by atoms with E-state index in [9.17, 15) is 5.11 Å². The van der Waals surface area contributed by atoms with E-state index in [-0.39, 0.29) is 0 Å². The van der Waals surface area contributed by atoms with Crippen molar-refractivity contribution in [1.29, 1.82) is 0 Å². The molecular formula is C22H29NO2. The van der Waals surface area contributed by atoms with E-state index in [2.05, 4.69) is 45.0 Å². The molecule has 0 amide bonds. The number of aromatic hydroxyl groups is 1. The van der Waals surface area contributed by atoms with E-state index in [0.29, 0.717) is 17.1 Å². The Balaban J connectivity index is 0.000000257. The number of pyridine rings is 1. The first-order chi connectivity index (χ1) is 12.0. The van der Waals surface area contributed by atoms with Crippen molar-refractivity contribution in [1.82, 2.24) is 4.98 Å². The first-order valence-electron chi connectivity index (χ1n) is 8.60. The van der Waals surface area contributed by atoms with Crippen LogP contribution in [-0.4, -0.2) is 17.2 Å². The maximum absolute atomic E-state index is 9.88. The molecule has 0 aliphatic heterocycles. The van der Waals surface area contributed by atoms with E-state index >= 15 is 0 Å². The molecule has 0 bridgehead atoms. The Hall–Kier alpha value is -2.55. The van der Waals surface area contributed by atoms with Crippen LogP contribution in [0, 0.1) is 6.92 Å². The maximum atomic E-state index is 9.88. The lowest BCUT2D eigenvalue weighted by molar-refractivity contribution is 0.366. The van der Waals surface area contributed by atoms with Crippen LogP contribution in [0.25, 0.3) is 11.3 Å². The second kappa shape index (κ2) is 10.3. The fourth-order valence-electron chi connectivity index (χ4n) is 2.42. The van der Waals surface area contributed by atoms with Gasteiger partial charge in [-0.15, -0.1) is 0 Å². The Morgan fingerprint density at radius 1 is 1.16 bits per heavy atom. The molecule has 2 rings (SSSR count). The predicted octanol–water partition coefficient (Wildman–Crippen LogP) is 5.78. The zero-order valence-electron chi connectivity index (χ0n) is 15.8. The molecule has 0 saturated heterocycles. The van der Waals surface area contributed by atoms with Crippen molar-refractivity contribution in [3.05, 3.63) is 72.1 Å². The first kappa shape index (κ1) is 20.5. The number of phenols is 1. The van der Waals surface area contributed by atoms with E-state index in [1.54, 1.807) is 13.2 Å². The molecule has 0 spiro atoms. The first-order valence-corrected chi connectivity index (χ1v) is 8.60. The number of hydrogen-bond acceptors (Lipinski definition) is 3. The van der Waals surface area contributed by atoms with Gasteiger partial charge in [0.25, 0.3) is 0 Å². The minimum absolute atomic E-state index is 0.293. The van der Waals surface area contributed by atoms with Crippen LogP contribution in [0.4, 0.5) is 0 Å². The Morgan fingerprint density at radius 2 is 1.88 bits per heavy atom. The van der Waals surface area contributed by atoms with Crippen LogP contribution < -0.4 is 0 Å². The topological polar surface area (TPSA) is 42.4 Å². The third-order valence-corrected chi connectivity index (χ3v) is 3.96. The van der Waals surface area contributed by atoms with Crippen molar-refractivity contribution in [3.8, 4) is 5.75 Å². The van der Waals surface area contributed by atoms with Gasteiger partial charge in [0, 0.05) is 6.20 Å². The minimum atomic E-state index is 0.293. The van der Waals surface area contributed by atoms with E-state index in [1.165, 1.54) is 5.56 Å². The average Bonchev–Trinajstić information content (AvgIpc) is 2.63. The second-order valence-corrected chi connectivity index (χ2v) is 5.82. The highest BCUT2D eigenvalue weighted by Gasteiger charge is 2.08. The van der Waals surface area contributed by atoms with Crippen LogP contribution in [0.5, 0.6) is 5.75 Å². The largest absolute Gasteiger partial charge is 0.507 e. The number of nitrogens with zero attached hydrogens (tertiary/aromatic N) is 1. The van der Waals surface area contributed by atoms with Gasteiger partial charge in [0.2, 0.25) is 0 Å². The zero-order valence-corrected chi connectivity index (χ0v) is 15.8. The maximum Gasteiger partial charge on any atom is 0.129 e. The Bertz CT molecular complexity index is 720. The minimum Gasteiger partial charge on any atom is -0.507 e. The van der Waals surface area contributed by atoms with E-state index < -0.39 is 0 Å². The molecule has 0 aliphatic carbocycles. The highest BCUT2D eigenvalue weighted by atomic mass is 16.5. The molecule has 3 nitrogen and oxygen atoms in total. The number of para-hydroxylation sites is 1. The number of hydrogen-bond donors (Lipinski definition) is 1. The fourth-order valence-corrected chi connectivity index (χ4v) is 2.42. The van der Waals surface area contributed by atoms with Crippen LogP contribution >= 0.6 is 0 Å². The van der Waals surface area contributed by atoms with Crippen molar-refractivity contribution in [2.75, 3.05) is 7.11 Å². The lowest BCUT2D eigenvalue weighted by atomic mass is 10.0. The number of aromatic nitrogens is 1. The number of methoxy groups -OCH3 is 1. The Labute approximate surface area is 151 Å². The van der Waals surface area contributed by atoms with Crippen LogP contribution in [0.1, 0.15) is 49.1 Å². The van der Waals surface area contributed by atoms with E-state index in [1.807, 2.05) is 24.4 Å². The van der Waals surface area contributed by atoms with Crippen molar-refractivity contribution in [2.45, 2.75) is 40.0 Å². The highest BCUT2D eigenvalue weighted by Crippen LogP contribution is 2.28. The van der Waals surface area contributed by atoms with Crippen molar-refractivity contribution < 1.29 is 9.84 Å². The van der Waals surface area contributed by atoms with E-state index in [4.69, 9.17) is 4.74 Å². The molecule has 0 unspecified atom stereocenters. The number of benzene rings is 1. The number of ether oxygens (including phenoxy) is 1. The molecule has 0 radical (unpaired) electrons. The molecule has 0 aliphatic rings. The van der Waals surface area contributed by atoms with Crippen LogP contribution in [0.2, 0.25) is 0 Å². The van der Waals surface area contributed by atoms with Gasteiger partial charge in [0.1, 0.15) is 11.5 Å². The second-order valence-electron chi connectivity index (χ2n) is 5.82. The van der Waals surface area contributed by atoms with Gasteiger partial charge in [0.15, 0.2) is 0 Å². The predicted molar refractivity (Wildman–Crippen MR) is 106 cm³/mol. The summed E-state index contributed by atoms with van der Waals surface area (Å²) in [5, 5.41) is 9.88. The molecule has 1 aromatic carbocycles. The third-order valence-electron chi connectivity index (χ3n) is 3.96. The summed E-state index contributed by atoms with van der Waals surface area (Å²) < 4.78 is 5.00. The molecule has 1 aromatic heterocycles. The number of aryl methyl sites for hydroxylation is 2. The molecule has 25 heavy (non-hydrogen) atoms. The van der Waals surface area contributed by atoms with Crippen LogP contribution in [0.3, 0.4) is 0 Å². The quantitative estimate of drug-likeness (QED) is 0.679. The summed E-state index contributed by atoms with van der Waals surface area (Å²) in [4.78, 5) is 4.25. The average molecular weight is 339 g/mol. The summed E-state index contributed by atoms with van der Waals surface area (Å²) in [6.07, 6.45) is 4.66. The van der Waals surface area contributed by atoms with Crippen molar-refractivity contribution in [3.63, 3.8) is 0 Å². The normalized spacial score (nSPS) is 9.76. The van der Waals surface area contributed by atoms with Gasteiger partial charge in [-0.3, -0.25) is 4.98 Å². The lowest BCUT2D eigenvalue weighted by Crippen LogP contribution is -1.91. The van der Waals surface area contributed by atoms with Gasteiger partial charge < -0.3 is 9.84 Å². The molecule has 0 saturated carbocycles. The number of phenolic OH excluding ortho intramolecular Hbond substituents is 1. The molecule has 0 fully saturated rings. The molecule has 1 heterocycles. The van der Waals surface area contributed by atoms with Crippen molar-refractivity contribution >= 4 is 11.3 Å². The summed E-state index contributed by atoms with van der Waals surface area (Å²) in [6, 6.07) is 9.64. The monoisotopic (exact) mass is 339 g/mol. The molecular weight excluding hydrogens is 310 g/mol. The van der Waals surface area contributed by atoms with Crippen LogP contribution in [-0.2, 0) is 11.2 Å². The van der Waals surface area contributed by atoms with Gasteiger partial charge in [-0.25, -0.2) is 0 Å². The van der Waals surface area contributed by atoms with Gasteiger partial charge in [-0.2, -0.15) is 0 Å². The summed E-state index contributed by atoms with van der Waals surface area (Å²) in [5.41, 5.74) is 5.00. The van der Waals surface area contributed by atoms with Gasteiger partial charge in [-0.05, 0) is 48.6 Å². The molecule has 1 N–H and O–H groups in total. The standard InChI is InChI=1S/C12H16O2.C10H13N/c1-4-6-10-7-5-8-11(12(10)13)9(2)14-3;1-4-8(2)10-9(3)6-5-7-11-10/h5,7-8,13H,2,4,6H2,1,3H3;5-7H,2,4H2,1,3H3. The van der Waals surface area contributed by atoms with Gasteiger partial charge in [-0.1, -0.05) is 51.6 Å². The van der Waals surface area contributed by atoms with Crippen LogP contribution in [0.15, 0.2) is 49.7 Å².